The molecule has 0 aliphatic heterocycles. The van der Waals surface area contributed by atoms with Crippen LogP contribution < -0.4 is 5.32 Å². The SMILES string of the molecule is Cc1ccc([N+](=O)[O-])cc1NC1(CO)CCC1. The summed E-state index contributed by atoms with van der Waals surface area (Å²) in [6, 6.07) is 4.75. The molecule has 0 bridgehead atoms. The van der Waals surface area contributed by atoms with Crippen molar-refractivity contribution < 1.29 is 10.0 Å². The third kappa shape index (κ3) is 2.24. The molecule has 1 aromatic carbocycles. The Bertz CT molecular complexity index is 436. The molecule has 2 N–H and O–H groups in total. The number of benzene rings is 1. The monoisotopic (exact) mass is 236 g/mol. The number of rotatable bonds is 4. The Morgan fingerprint density at radius 2 is 2.24 bits per heavy atom. The maximum absolute atomic E-state index is 10.7. The van der Waals surface area contributed by atoms with Crippen molar-refractivity contribution in [1.82, 2.24) is 0 Å². The van der Waals surface area contributed by atoms with E-state index in [2.05, 4.69) is 5.32 Å². The molecular formula is C12H16N2O3. The lowest BCUT2D eigenvalue weighted by Crippen LogP contribution is -2.48. The van der Waals surface area contributed by atoms with Gasteiger partial charge in [0.1, 0.15) is 0 Å². The molecule has 1 aliphatic rings. The molecule has 0 heterocycles. The van der Waals surface area contributed by atoms with Gasteiger partial charge in [-0.25, -0.2) is 0 Å². The van der Waals surface area contributed by atoms with Crippen LogP contribution in [-0.4, -0.2) is 22.2 Å². The molecule has 1 fully saturated rings. The van der Waals surface area contributed by atoms with Crippen LogP contribution in [0, 0.1) is 17.0 Å². The molecule has 1 aliphatic carbocycles. The number of aliphatic hydroxyl groups is 1. The molecule has 1 aromatic rings. The smallest absolute Gasteiger partial charge is 0.271 e. The summed E-state index contributed by atoms with van der Waals surface area (Å²) >= 11 is 0. The Balaban J connectivity index is 2.25. The van der Waals surface area contributed by atoms with E-state index in [4.69, 9.17) is 0 Å². The van der Waals surface area contributed by atoms with Gasteiger partial charge in [-0.15, -0.1) is 0 Å². The van der Waals surface area contributed by atoms with Gasteiger partial charge in [-0.2, -0.15) is 0 Å². The van der Waals surface area contributed by atoms with Gasteiger partial charge in [-0.05, 0) is 31.7 Å². The van der Waals surface area contributed by atoms with E-state index in [1.807, 2.05) is 6.92 Å². The van der Waals surface area contributed by atoms with Crippen LogP contribution in [-0.2, 0) is 0 Å². The highest BCUT2D eigenvalue weighted by Crippen LogP contribution is 2.36. The lowest BCUT2D eigenvalue weighted by atomic mass is 9.77. The first kappa shape index (κ1) is 11.9. The molecule has 17 heavy (non-hydrogen) atoms. The minimum absolute atomic E-state index is 0.0646. The fourth-order valence-corrected chi connectivity index (χ4v) is 2.07. The summed E-state index contributed by atoms with van der Waals surface area (Å²) in [4.78, 5) is 10.3. The summed E-state index contributed by atoms with van der Waals surface area (Å²) in [5, 5.41) is 23.3. The van der Waals surface area contributed by atoms with E-state index in [0.29, 0.717) is 0 Å². The summed E-state index contributed by atoms with van der Waals surface area (Å²) < 4.78 is 0. The van der Waals surface area contributed by atoms with Crippen LogP contribution in [0.1, 0.15) is 24.8 Å². The van der Waals surface area contributed by atoms with Crippen LogP contribution in [0.3, 0.4) is 0 Å². The molecule has 0 spiro atoms. The van der Waals surface area contributed by atoms with Crippen molar-refractivity contribution in [2.75, 3.05) is 11.9 Å². The first-order valence-corrected chi connectivity index (χ1v) is 5.70. The largest absolute Gasteiger partial charge is 0.394 e. The number of nitrogens with zero attached hydrogens (tertiary/aromatic N) is 1. The zero-order valence-electron chi connectivity index (χ0n) is 9.77. The lowest BCUT2D eigenvalue weighted by Gasteiger charge is -2.42. The van der Waals surface area contributed by atoms with Crippen LogP contribution in [0.4, 0.5) is 11.4 Å². The van der Waals surface area contributed by atoms with Crippen LogP contribution in [0.15, 0.2) is 18.2 Å². The molecule has 2 rings (SSSR count). The van der Waals surface area contributed by atoms with Crippen molar-refractivity contribution in [1.29, 1.82) is 0 Å². The standard InChI is InChI=1S/C12H16N2O3/c1-9-3-4-10(14(16)17)7-11(9)13-12(8-15)5-2-6-12/h3-4,7,13,15H,2,5-6,8H2,1H3. The lowest BCUT2D eigenvalue weighted by molar-refractivity contribution is -0.384. The minimum atomic E-state index is -0.406. The molecule has 92 valence electrons. The summed E-state index contributed by atoms with van der Waals surface area (Å²) in [6.45, 7) is 1.96. The van der Waals surface area contributed by atoms with E-state index in [-0.39, 0.29) is 17.8 Å². The van der Waals surface area contributed by atoms with Crippen molar-refractivity contribution in [3.8, 4) is 0 Å². The number of hydrogen-bond donors (Lipinski definition) is 2. The fraction of sp³-hybridized carbons (Fsp3) is 0.500. The second kappa shape index (κ2) is 4.33. The molecular weight excluding hydrogens is 220 g/mol. The molecule has 0 unspecified atom stereocenters. The number of nitro benzene ring substituents is 1. The van der Waals surface area contributed by atoms with Crippen molar-refractivity contribution in [3.05, 3.63) is 33.9 Å². The second-order valence-electron chi connectivity index (χ2n) is 4.67. The van der Waals surface area contributed by atoms with E-state index >= 15 is 0 Å². The van der Waals surface area contributed by atoms with E-state index in [0.717, 1.165) is 30.5 Å². The van der Waals surface area contributed by atoms with Crippen molar-refractivity contribution in [2.45, 2.75) is 31.7 Å². The summed E-state index contributed by atoms with van der Waals surface area (Å²) in [7, 11) is 0. The van der Waals surface area contributed by atoms with E-state index in [1.54, 1.807) is 6.07 Å². The highest BCUT2D eigenvalue weighted by Gasteiger charge is 2.36. The Labute approximate surface area is 99.6 Å². The molecule has 0 atom stereocenters. The molecule has 5 heteroatoms. The Morgan fingerprint density at radius 1 is 1.53 bits per heavy atom. The average molecular weight is 236 g/mol. The first-order valence-electron chi connectivity index (χ1n) is 5.70. The third-order valence-electron chi connectivity index (χ3n) is 3.45. The van der Waals surface area contributed by atoms with E-state index in [9.17, 15) is 15.2 Å². The van der Waals surface area contributed by atoms with Gasteiger partial charge in [0.2, 0.25) is 0 Å². The molecule has 0 amide bonds. The van der Waals surface area contributed by atoms with Crippen molar-refractivity contribution in [3.63, 3.8) is 0 Å². The Morgan fingerprint density at radius 3 is 2.71 bits per heavy atom. The summed E-state index contributed by atoms with van der Waals surface area (Å²) in [6.07, 6.45) is 2.90. The number of nitrogens with one attached hydrogen (secondary N) is 1. The molecule has 1 saturated carbocycles. The van der Waals surface area contributed by atoms with Crippen LogP contribution in [0.5, 0.6) is 0 Å². The maximum atomic E-state index is 10.7. The van der Waals surface area contributed by atoms with Crippen LogP contribution in [0.25, 0.3) is 0 Å². The number of non-ortho nitro benzene ring substituents is 1. The van der Waals surface area contributed by atoms with Gasteiger partial charge in [0.15, 0.2) is 0 Å². The van der Waals surface area contributed by atoms with Gasteiger partial charge < -0.3 is 10.4 Å². The zero-order chi connectivity index (χ0) is 12.5. The number of hydrogen-bond acceptors (Lipinski definition) is 4. The maximum Gasteiger partial charge on any atom is 0.271 e. The zero-order valence-corrected chi connectivity index (χ0v) is 9.77. The summed E-state index contributed by atoms with van der Waals surface area (Å²) in [5.74, 6) is 0. The number of aryl methyl sites for hydroxylation is 1. The van der Waals surface area contributed by atoms with Crippen molar-refractivity contribution in [2.24, 2.45) is 0 Å². The van der Waals surface area contributed by atoms with E-state index in [1.165, 1.54) is 12.1 Å². The first-order chi connectivity index (χ1) is 8.06. The predicted molar refractivity (Wildman–Crippen MR) is 65.1 cm³/mol. The highest BCUT2D eigenvalue weighted by atomic mass is 16.6. The number of aliphatic hydroxyl groups excluding tert-OH is 1. The normalized spacial score (nSPS) is 17.3. The molecule has 0 saturated heterocycles. The molecule has 0 aromatic heterocycles. The fourth-order valence-electron chi connectivity index (χ4n) is 2.07. The highest BCUT2D eigenvalue weighted by molar-refractivity contribution is 5.58. The quantitative estimate of drug-likeness (QED) is 0.621. The van der Waals surface area contributed by atoms with Gasteiger partial charge in [-0.1, -0.05) is 6.07 Å². The summed E-state index contributed by atoms with van der Waals surface area (Å²) in [5.41, 5.74) is 1.49. The van der Waals surface area contributed by atoms with Crippen molar-refractivity contribution >= 4 is 11.4 Å². The number of nitro groups is 1. The predicted octanol–water partition coefficient (Wildman–Crippen LogP) is 2.23. The average Bonchev–Trinajstić information content (AvgIpc) is 2.25. The van der Waals surface area contributed by atoms with Gasteiger partial charge in [0, 0.05) is 17.8 Å². The van der Waals surface area contributed by atoms with Crippen LogP contribution in [0.2, 0.25) is 0 Å². The second-order valence-corrected chi connectivity index (χ2v) is 4.67. The van der Waals surface area contributed by atoms with Gasteiger partial charge in [-0.3, -0.25) is 10.1 Å². The molecule has 5 nitrogen and oxygen atoms in total. The topological polar surface area (TPSA) is 75.4 Å². The van der Waals surface area contributed by atoms with Gasteiger partial charge in [0.05, 0.1) is 17.1 Å². The number of anilines is 1. The van der Waals surface area contributed by atoms with Crippen LogP contribution >= 0.6 is 0 Å². The third-order valence-corrected chi connectivity index (χ3v) is 3.45. The Hall–Kier alpha value is -1.62. The minimum Gasteiger partial charge on any atom is -0.394 e. The Kier molecular flexibility index (Phi) is 3.02. The van der Waals surface area contributed by atoms with E-state index < -0.39 is 4.92 Å². The molecule has 0 radical (unpaired) electrons. The van der Waals surface area contributed by atoms with Gasteiger partial charge in [0.25, 0.3) is 5.69 Å². The van der Waals surface area contributed by atoms with Gasteiger partial charge >= 0.3 is 0 Å².